The second-order valence-electron chi connectivity index (χ2n) is 5.91. The van der Waals surface area contributed by atoms with Gasteiger partial charge in [0.2, 0.25) is 0 Å². The van der Waals surface area contributed by atoms with Crippen LogP contribution >= 0.6 is 0 Å². The Hall–Kier alpha value is -1.26. The summed E-state index contributed by atoms with van der Waals surface area (Å²) in [6, 6.07) is 7.77. The van der Waals surface area contributed by atoms with Gasteiger partial charge in [-0.25, -0.2) is 0 Å². The summed E-state index contributed by atoms with van der Waals surface area (Å²) in [6.45, 7) is 2.27. The maximum atomic E-state index is 6.07. The minimum atomic E-state index is 0.169. The van der Waals surface area contributed by atoms with Crippen molar-refractivity contribution in [1.29, 1.82) is 0 Å². The topological polar surface area (TPSA) is 47.7 Å². The van der Waals surface area contributed by atoms with Crippen LogP contribution in [-0.2, 0) is 0 Å². The Balaban J connectivity index is 1.87. The standard InChI is InChI=1S/C17H28N2O2/c1-19(17(14-18)10-6-3-7-11-17)12-13-21-16-9-5-4-8-15(16)20-2/h4-5,8-9H,3,6-7,10-14,18H2,1-2H3. The van der Waals surface area contributed by atoms with Crippen molar-refractivity contribution in [3.8, 4) is 11.5 Å². The summed E-state index contributed by atoms with van der Waals surface area (Å²) in [5.41, 5.74) is 6.23. The first-order valence-electron chi connectivity index (χ1n) is 7.89. The highest BCUT2D eigenvalue weighted by Gasteiger charge is 2.34. The molecular formula is C17H28N2O2. The molecule has 1 aromatic carbocycles. The zero-order chi connectivity index (χ0) is 15.1. The number of methoxy groups -OCH3 is 1. The summed E-state index contributed by atoms with van der Waals surface area (Å²) >= 11 is 0. The van der Waals surface area contributed by atoms with E-state index in [1.807, 2.05) is 24.3 Å². The van der Waals surface area contributed by atoms with Crippen LogP contribution in [0.3, 0.4) is 0 Å². The van der Waals surface area contributed by atoms with E-state index in [4.69, 9.17) is 15.2 Å². The van der Waals surface area contributed by atoms with E-state index >= 15 is 0 Å². The quantitative estimate of drug-likeness (QED) is 0.839. The van der Waals surface area contributed by atoms with Gasteiger partial charge in [0.05, 0.1) is 7.11 Å². The smallest absolute Gasteiger partial charge is 0.161 e. The fourth-order valence-corrected chi connectivity index (χ4v) is 3.22. The molecule has 1 saturated carbocycles. The molecule has 0 aromatic heterocycles. The second kappa shape index (κ2) is 7.66. The Morgan fingerprint density at radius 1 is 1.14 bits per heavy atom. The maximum absolute atomic E-state index is 6.07. The third-order valence-electron chi connectivity index (χ3n) is 4.73. The second-order valence-corrected chi connectivity index (χ2v) is 5.91. The molecule has 0 saturated heterocycles. The molecule has 0 bridgehead atoms. The molecule has 4 nitrogen and oxygen atoms in total. The summed E-state index contributed by atoms with van der Waals surface area (Å²) in [5, 5.41) is 0. The Morgan fingerprint density at radius 2 is 1.81 bits per heavy atom. The average molecular weight is 292 g/mol. The molecule has 4 heteroatoms. The summed E-state index contributed by atoms with van der Waals surface area (Å²) in [7, 11) is 3.84. The Bertz CT molecular complexity index is 431. The van der Waals surface area contributed by atoms with Crippen molar-refractivity contribution in [2.75, 3.05) is 33.9 Å². The average Bonchev–Trinajstić information content (AvgIpc) is 2.55. The van der Waals surface area contributed by atoms with Gasteiger partial charge in [-0.1, -0.05) is 31.4 Å². The van der Waals surface area contributed by atoms with E-state index in [-0.39, 0.29) is 5.54 Å². The monoisotopic (exact) mass is 292 g/mol. The Morgan fingerprint density at radius 3 is 2.43 bits per heavy atom. The van der Waals surface area contributed by atoms with Gasteiger partial charge in [0.15, 0.2) is 11.5 Å². The van der Waals surface area contributed by atoms with Crippen molar-refractivity contribution in [2.45, 2.75) is 37.6 Å². The number of rotatable bonds is 7. The summed E-state index contributed by atoms with van der Waals surface area (Å²) in [4.78, 5) is 2.39. The fourth-order valence-electron chi connectivity index (χ4n) is 3.22. The van der Waals surface area contributed by atoms with Crippen LogP contribution in [-0.4, -0.2) is 44.3 Å². The molecule has 0 radical (unpaired) electrons. The molecule has 118 valence electrons. The van der Waals surface area contributed by atoms with Crippen LogP contribution in [0.4, 0.5) is 0 Å². The lowest BCUT2D eigenvalue weighted by Gasteiger charge is -2.44. The Labute approximate surface area is 128 Å². The lowest BCUT2D eigenvalue weighted by molar-refractivity contribution is 0.0688. The molecule has 0 heterocycles. The van der Waals surface area contributed by atoms with Crippen molar-refractivity contribution < 1.29 is 9.47 Å². The highest BCUT2D eigenvalue weighted by Crippen LogP contribution is 2.32. The number of nitrogens with zero attached hydrogens (tertiary/aromatic N) is 1. The number of hydrogen-bond acceptors (Lipinski definition) is 4. The molecule has 1 aromatic rings. The first-order chi connectivity index (χ1) is 10.2. The molecule has 0 aliphatic heterocycles. The first-order valence-corrected chi connectivity index (χ1v) is 7.89. The van der Waals surface area contributed by atoms with Crippen LogP contribution in [0.25, 0.3) is 0 Å². The van der Waals surface area contributed by atoms with Crippen molar-refractivity contribution in [3.63, 3.8) is 0 Å². The SMILES string of the molecule is COc1ccccc1OCCN(C)C1(CN)CCCCC1. The minimum Gasteiger partial charge on any atom is -0.493 e. The molecule has 1 fully saturated rings. The molecule has 2 N–H and O–H groups in total. The summed E-state index contributed by atoms with van der Waals surface area (Å²) in [5.74, 6) is 1.59. The van der Waals surface area contributed by atoms with Gasteiger partial charge < -0.3 is 15.2 Å². The molecular weight excluding hydrogens is 264 g/mol. The lowest BCUT2D eigenvalue weighted by atomic mass is 9.80. The van der Waals surface area contributed by atoms with Gasteiger partial charge >= 0.3 is 0 Å². The van der Waals surface area contributed by atoms with Crippen molar-refractivity contribution >= 4 is 0 Å². The maximum Gasteiger partial charge on any atom is 0.161 e. The molecule has 21 heavy (non-hydrogen) atoms. The van der Waals surface area contributed by atoms with E-state index in [1.54, 1.807) is 7.11 Å². The molecule has 0 spiro atoms. The van der Waals surface area contributed by atoms with E-state index in [0.717, 1.165) is 24.6 Å². The van der Waals surface area contributed by atoms with Gasteiger partial charge in [0.25, 0.3) is 0 Å². The first kappa shape index (κ1) is 16.1. The predicted octanol–water partition coefficient (Wildman–Crippen LogP) is 2.67. The predicted molar refractivity (Wildman–Crippen MR) is 86.0 cm³/mol. The fraction of sp³-hybridized carbons (Fsp3) is 0.647. The number of benzene rings is 1. The number of para-hydroxylation sites is 2. The normalized spacial score (nSPS) is 17.7. The van der Waals surface area contributed by atoms with Gasteiger partial charge in [-0.3, -0.25) is 4.90 Å². The molecule has 1 aliphatic carbocycles. The van der Waals surface area contributed by atoms with E-state index < -0.39 is 0 Å². The van der Waals surface area contributed by atoms with Gasteiger partial charge in [0, 0.05) is 18.6 Å². The number of nitrogens with two attached hydrogens (primary N) is 1. The Kier molecular flexibility index (Phi) is 5.88. The van der Waals surface area contributed by atoms with Crippen LogP contribution < -0.4 is 15.2 Å². The molecule has 0 amide bonds. The summed E-state index contributed by atoms with van der Waals surface area (Å²) < 4.78 is 11.2. The van der Waals surface area contributed by atoms with Crippen molar-refractivity contribution in [2.24, 2.45) is 5.73 Å². The summed E-state index contributed by atoms with van der Waals surface area (Å²) in [6.07, 6.45) is 6.32. The number of hydrogen-bond donors (Lipinski definition) is 1. The molecule has 2 rings (SSSR count). The van der Waals surface area contributed by atoms with Gasteiger partial charge in [-0.2, -0.15) is 0 Å². The van der Waals surface area contributed by atoms with Crippen LogP contribution in [0.2, 0.25) is 0 Å². The van der Waals surface area contributed by atoms with E-state index in [2.05, 4.69) is 11.9 Å². The molecule has 1 aliphatic rings. The van der Waals surface area contributed by atoms with E-state index in [0.29, 0.717) is 6.61 Å². The van der Waals surface area contributed by atoms with E-state index in [1.165, 1.54) is 32.1 Å². The van der Waals surface area contributed by atoms with Crippen LogP contribution in [0, 0.1) is 0 Å². The molecule has 0 atom stereocenters. The van der Waals surface area contributed by atoms with E-state index in [9.17, 15) is 0 Å². The highest BCUT2D eigenvalue weighted by atomic mass is 16.5. The van der Waals surface area contributed by atoms with Crippen LogP contribution in [0.5, 0.6) is 11.5 Å². The van der Waals surface area contributed by atoms with Crippen LogP contribution in [0.1, 0.15) is 32.1 Å². The zero-order valence-electron chi connectivity index (χ0n) is 13.3. The van der Waals surface area contributed by atoms with Crippen molar-refractivity contribution in [1.82, 2.24) is 4.90 Å². The number of ether oxygens (including phenoxy) is 2. The van der Waals surface area contributed by atoms with Crippen molar-refractivity contribution in [3.05, 3.63) is 24.3 Å². The molecule has 0 unspecified atom stereocenters. The van der Waals surface area contributed by atoms with Crippen LogP contribution in [0.15, 0.2) is 24.3 Å². The lowest BCUT2D eigenvalue weighted by Crippen LogP contribution is -2.54. The van der Waals surface area contributed by atoms with Gasteiger partial charge in [0.1, 0.15) is 6.61 Å². The highest BCUT2D eigenvalue weighted by molar-refractivity contribution is 5.39. The minimum absolute atomic E-state index is 0.169. The third-order valence-corrected chi connectivity index (χ3v) is 4.73. The largest absolute Gasteiger partial charge is 0.493 e. The third kappa shape index (κ3) is 3.89. The van der Waals surface area contributed by atoms with Gasteiger partial charge in [-0.05, 0) is 32.0 Å². The van der Waals surface area contributed by atoms with Gasteiger partial charge in [-0.15, -0.1) is 0 Å². The zero-order valence-corrected chi connectivity index (χ0v) is 13.3. The number of likely N-dealkylation sites (N-methyl/N-ethyl adjacent to an activating group) is 1.